The minimum Gasteiger partial charge on any atom is -0.479 e. The molecule has 0 amide bonds. The standard InChI is InChI=1S/C11H8Cl2N2O3/c12-6-4-7(13)10(14-5-6)15-9(11(16)17)8-2-1-3-18-8/h1-5,9H,(H,14,15)(H,16,17). The Balaban J connectivity index is 2.27. The minimum atomic E-state index is -1.10. The second kappa shape index (κ2) is 5.29. The van der Waals surface area contributed by atoms with Gasteiger partial charge in [0.05, 0.1) is 16.3 Å². The van der Waals surface area contributed by atoms with E-state index in [4.69, 9.17) is 32.7 Å². The van der Waals surface area contributed by atoms with Crippen LogP contribution < -0.4 is 5.32 Å². The highest BCUT2D eigenvalue weighted by molar-refractivity contribution is 6.36. The van der Waals surface area contributed by atoms with Gasteiger partial charge < -0.3 is 14.8 Å². The third kappa shape index (κ3) is 2.75. The van der Waals surface area contributed by atoms with Crippen LogP contribution in [0.15, 0.2) is 35.1 Å². The van der Waals surface area contributed by atoms with Gasteiger partial charge >= 0.3 is 5.97 Å². The molecule has 1 unspecified atom stereocenters. The molecule has 2 rings (SSSR count). The van der Waals surface area contributed by atoms with E-state index in [2.05, 4.69) is 10.3 Å². The van der Waals surface area contributed by atoms with Crippen molar-refractivity contribution in [3.8, 4) is 0 Å². The number of aliphatic carboxylic acids is 1. The predicted octanol–water partition coefficient (Wildman–Crippen LogP) is 3.22. The first-order valence-corrected chi connectivity index (χ1v) is 5.67. The van der Waals surface area contributed by atoms with Crippen molar-refractivity contribution in [1.29, 1.82) is 0 Å². The molecule has 2 aromatic rings. The molecule has 2 N–H and O–H groups in total. The molecule has 0 aliphatic heterocycles. The van der Waals surface area contributed by atoms with Crippen molar-refractivity contribution >= 4 is 35.0 Å². The maximum Gasteiger partial charge on any atom is 0.334 e. The number of carbonyl (C=O) groups is 1. The zero-order valence-electron chi connectivity index (χ0n) is 8.93. The summed E-state index contributed by atoms with van der Waals surface area (Å²) in [5, 5.41) is 12.4. The Kier molecular flexibility index (Phi) is 3.74. The number of nitrogens with one attached hydrogen (secondary N) is 1. The van der Waals surface area contributed by atoms with Crippen LogP contribution in [0.5, 0.6) is 0 Å². The Morgan fingerprint density at radius 1 is 1.50 bits per heavy atom. The van der Waals surface area contributed by atoms with Gasteiger partial charge in [-0.05, 0) is 18.2 Å². The van der Waals surface area contributed by atoms with Crippen LogP contribution in [0, 0.1) is 0 Å². The lowest BCUT2D eigenvalue weighted by molar-refractivity contribution is -0.138. The number of halogens is 2. The number of aromatic nitrogens is 1. The molecule has 94 valence electrons. The van der Waals surface area contributed by atoms with Crippen molar-refractivity contribution < 1.29 is 14.3 Å². The summed E-state index contributed by atoms with van der Waals surface area (Å²) in [4.78, 5) is 15.1. The Labute approximate surface area is 112 Å². The largest absolute Gasteiger partial charge is 0.479 e. The van der Waals surface area contributed by atoms with E-state index in [1.165, 1.54) is 18.5 Å². The lowest BCUT2D eigenvalue weighted by Gasteiger charge is -2.13. The average Bonchev–Trinajstić information content (AvgIpc) is 2.80. The highest BCUT2D eigenvalue weighted by Gasteiger charge is 2.23. The second-order valence-electron chi connectivity index (χ2n) is 3.41. The van der Waals surface area contributed by atoms with Gasteiger partial charge in [0.1, 0.15) is 11.6 Å². The van der Waals surface area contributed by atoms with Crippen molar-refractivity contribution in [2.75, 3.05) is 5.32 Å². The maximum atomic E-state index is 11.2. The maximum absolute atomic E-state index is 11.2. The van der Waals surface area contributed by atoms with E-state index in [1.807, 2.05) is 0 Å². The number of pyridine rings is 1. The monoisotopic (exact) mass is 286 g/mol. The average molecular weight is 287 g/mol. The van der Waals surface area contributed by atoms with Crippen LogP contribution in [0.2, 0.25) is 10.0 Å². The number of carboxylic acid groups (broad SMARTS) is 1. The number of hydrogen-bond donors (Lipinski definition) is 2. The topological polar surface area (TPSA) is 75.4 Å². The summed E-state index contributed by atoms with van der Waals surface area (Å²) >= 11 is 11.6. The molecule has 0 saturated heterocycles. The first kappa shape index (κ1) is 12.7. The first-order valence-electron chi connectivity index (χ1n) is 4.91. The molecular formula is C11H8Cl2N2O3. The van der Waals surface area contributed by atoms with Gasteiger partial charge in [-0.1, -0.05) is 23.2 Å². The fourth-order valence-corrected chi connectivity index (χ4v) is 1.80. The Morgan fingerprint density at radius 3 is 2.83 bits per heavy atom. The fraction of sp³-hybridized carbons (Fsp3) is 0.0909. The van der Waals surface area contributed by atoms with Crippen LogP contribution in [0.4, 0.5) is 5.82 Å². The molecule has 0 aromatic carbocycles. The molecule has 2 heterocycles. The van der Waals surface area contributed by atoms with Crippen LogP contribution in [0.1, 0.15) is 11.8 Å². The summed E-state index contributed by atoms with van der Waals surface area (Å²) in [5.74, 6) is -0.613. The van der Waals surface area contributed by atoms with E-state index in [0.717, 1.165) is 0 Å². The zero-order chi connectivity index (χ0) is 13.1. The minimum absolute atomic E-state index is 0.227. The fourth-order valence-electron chi connectivity index (χ4n) is 1.37. The third-order valence-electron chi connectivity index (χ3n) is 2.16. The van der Waals surface area contributed by atoms with Crippen molar-refractivity contribution in [2.24, 2.45) is 0 Å². The Bertz CT molecular complexity index is 557. The van der Waals surface area contributed by atoms with E-state index < -0.39 is 12.0 Å². The smallest absolute Gasteiger partial charge is 0.334 e. The number of furan rings is 1. The van der Waals surface area contributed by atoms with Crippen LogP contribution in [0.25, 0.3) is 0 Å². The van der Waals surface area contributed by atoms with E-state index in [0.29, 0.717) is 5.02 Å². The predicted molar refractivity (Wildman–Crippen MR) is 67.0 cm³/mol. The van der Waals surface area contributed by atoms with Crippen molar-refractivity contribution in [3.63, 3.8) is 0 Å². The summed E-state index contributed by atoms with van der Waals surface area (Å²) in [6, 6.07) is 3.56. The molecule has 1 atom stereocenters. The van der Waals surface area contributed by atoms with Crippen molar-refractivity contribution in [1.82, 2.24) is 4.98 Å². The molecular weight excluding hydrogens is 279 g/mol. The molecule has 7 heteroatoms. The highest BCUT2D eigenvalue weighted by Crippen LogP contribution is 2.26. The molecule has 0 aliphatic rings. The highest BCUT2D eigenvalue weighted by atomic mass is 35.5. The lowest BCUT2D eigenvalue weighted by Crippen LogP contribution is -2.20. The molecule has 0 spiro atoms. The van der Waals surface area contributed by atoms with Gasteiger partial charge in [0.15, 0.2) is 6.04 Å². The Morgan fingerprint density at radius 2 is 2.28 bits per heavy atom. The van der Waals surface area contributed by atoms with Gasteiger partial charge in [-0.3, -0.25) is 0 Å². The van der Waals surface area contributed by atoms with Crippen LogP contribution >= 0.6 is 23.2 Å². The molecule has 0 bridgehead atoms. The molecule has 0 fully saturated rings. The summed E-state index contributed by atoms with van der Waals surface area (Å²) in [6.07, 6.45) is 2.76. The van der Waals surface area contributed by atoms with Crippen LogP contribution in [0.3, 0.4) is 0 Å². The van der Waals surface area contributed by atoms with Crippen molar-refractivity contribution in [3.05, 3.63) is 46.5 Å². The van der Waals surface area contributed by atoms with Gasteiger partial charge in [0.25, 0.3) is 0 Å². The van der Waals surface area contributed by atoms with Gasteiger partial charge in [0.2, 0.25) is 0 Å². The number of rotatable bonds is 4. The summed E-state index contributed by atoms with van der Waals surface area (Å²) in [6.45, 7) is 0. The van der Waals surface area contributed by atoms with Gasteiger partial charge in [-0.15, -0.1) is 0 Å². The first-order chi connectivity index (χ1) is 8.58. The molecule has 5 nitrogen and oxygen atoms in total. The number of anilines is 1. The SMILES string of the molecule is O=C(O)C(Nc1ncc(Cl)cc1Cl)c1ccco1. The molecule has 2 aromatic heterocycles. The van der Waals surface area contributed by atoms with Gasteiger partial charge in [0, 0.05) is 6.20 Å². The molecule has 0 saturated carbocycles. The van der Waals surface area contributed by atoms with Crippen LogP contribution in [-0.4, -0.2) is 16.1 Å². The number of hydrogen-bond acceptors (Lipinski definition) is 4. The zero-order valence-corrected chi connectivity index (χ0v) is 10.4. The summed E-state index contributed by atoms with van der Waals surface area (Å²) < 4.78 is 5.05. The molecule has 0 radical (unpaired) electrons. The van der Waals surface area contributed by atoms with E-state index in [1.54, 1.807) is 12.1 Å². The quantitative estimate of drug-likeness (QED) is 0.903. The number of nitrogens with zero attached hydrogens (tertiary/aromatic N) is 1. The van der Waals surface area contributed by atoms with E-state index >= 15 is 0 Å². The van der Waals surface area contributed by atoms with E-state index in [-0.39, 0.29) is 16.6 Å². The summed E-state index contributed by atoms with van der Waals surface area (Å²) in [7, 11) is 0. The van der Waals surface area contributed by atoms with Gasteiger partial charge in [-0.25, -0.2) is 9.78 Å². The number of carboxylic acids is 1. The van der Waals surface area contributed by atoms with Gasteiger partial charge in [-0.2, -0.15) is 0 Å². The molecule has 18 heavy (non-hydrogen) atoms. The van der Waals surface area contributed by atoms with Crippen LogP contribution in [-0.2, 0) is 4.79 Å². The second-order valence-corrected chi connectivity index (χ2v) is 4.26. The Hall–Kier alpha value is -1.72. The normalized spacial score (nSPS) is 12.1. The van der Waals surface area contributed by atoms with E-state index in [9.17, 15) is 4.79 Å². The molecule has 0 aliphatic carbocycles. The summed E-state index contributed by atoms with van der Waals surface area (Å²) in [5.41, 5.74) is 0. The van der Waals surface area contributed by atoms with Crippen molar-refractivity contribution in [2.45, 2.75) is 6.04 Å². The lowest BCUT2D eigenvalue weighted by atomic mass is 10.2. The third-order valence-corrected chi connectivity index (χ3v) is 2.66.